The quantitative estimate of drug-likeness (QED) is 0.910. The maximum atomic E-state index is 4.53. The van der Waals surface area contributed by atoms with Crippen molar-refractivity contribution >= 4 is 17.3 Å². The standard InChI is InChI=1S/C15H22N4/c1-11(2)19-10-12(3)16-15(19)17-13-6-8-14(9-7-13)18(4)5/h6-11H,1-5H3,(H,16,17). The molecule has 0 saturated heterocycles. The van der Waals surface area contributed by atoms with Crippen molar-refractivity contribution in [2.75, 3.05) is 24.3 Å². The monoisotopic (exact) mass is 258 g/mol. The molecule has 1 aromatic heterocycles. The number of rotatable bonds is 4. The molecule has 102 valence electrons. The Labute approximate surface area is 115 Å². The molecule has 0 unspecified atom stereocenters. The first-order valence-electron chi connectivity index (χ1n) is 6.57. The van der Waals surface area contributed by atoms with Crippen molar-refractivity contribution in [1.29, 1.82) is 0 Å². The van der Waals surface area contributed by atoms with Crippen LogP contribution in [0.5, 0.6) is 0 Å². The Morgan fingerprint density at radius 2 is 1.79 bits per heavy atom. The van der Waals surface area contributed by atoms with Crippen LogP contribution in [0.2, 0.25) is 0 Å². The van der Waals surface area contributed by atoms with Gasteiger partial charge in [-0.05, 0) is 45.0 Å². The molecule has 0 amide bonds. The number of benzene rings is 1. The van der Waals surface area contributed by atoms with Gasteiger partial charge in [-0.3, -0.25) is 0 Å². The molecule has 1 aromatic carbocycles. The minimum Gasteiger partial charge on any atom is -0.378 e. The van der Waals surface area contributed by atoms with Gasteiger partial charge in [-0.15, -0.1) is 0 Å². The summed E-state index contributed by atoms with van der Waals surface area (Å²) < 4.78 is 2.15. The third-order valence-corrected chi connectivity index (χ3v) is 3.05. The maximum absolute atomic E-state index is 4.53. The van der Waals surface area contributed by atoms with Crippen LogP contribution in [0.4, 0.5) is 17.3 Å². The summed E-state index contributed by atoms with van der Waals surface area (Å²) >= 11 is 0. The fraction of sp³-hybridized carbons (Fsp3) is 0.400. The Morgan fingerprint density at radius 1 is 1.16 bits per heavy atom. The lowest BCUT2D eigenvalue weighted by Gasteiger charge is -2.15. The van der Waals surface area contributed by atoms with E-state index in [4.69, 9.17) is 0 Å². The van der Waals surface area contributed by atoms with Gasteiger partial charge in [0.25, 0.3) is 0 Å². The fourth-order valence-electron chi connectivity index (χ4n) is 1.97. The zero-order valence-corrected chi connectivity index (χ0v) is 12.3. The lowest BCUT2D eigenvalue weighted by molar-refractivity contribution is 0.607. The van der Waals surface area contributed by atoms with Gasteiger partial charge in [0.2, 0.25) is 5.95 Å². The molecule has 0 saturated carbocycles. The van der Waals surface area contributed by atoms with Crippen LogP contribution in [-0.4, -0.2) is 23.6 Å². The van der Waals surface area contributed by atoms with Gasteiger partial charge in [-0.25, -0.2) is 4.98 Å². The van der Waals surface area contributed by atoms with Gasteiger partial charge in [0.1, 0.15) is 0 Å². The number of aromatic nitrogens is 2. The molecule has 0 aliphatic heterocycles. The smallest absolute Gasteiger partial charge is 0.207 e. The summed E-state index contributed by atoms with van der Waals surface area (Å²) in [6.45, 7) is 6.32. The molecule has 0 fully saturated rings. The number of nitrogens with zero attached hydrogens (tertiary/aromatic N) is 3. The topological polar surface area (TPSA) is 33.1 Å². The molecular formula is C15H22N4. The van der Waals surface area contributed by atoms with Crippen molar-refractivity contribution in [3.63, 3.8) is 0 Å². The second-order valence-corrected chi connectivity index (χ2v) is 5.27. The average Bonchev–Trinajstić information content (AvgIpc) is 2.71. The van der Waals surface area contributed by atoms with E-state index in [9.17, 15) is 0 Å². The minimum absolute atomic E-state index is 0.393. The predicted octanol–water partition coefficient (Wildman–Crippen LogP) is 3.58. The minimum atomic E-state index is 0.393. The number of hydrogen-bond acceptors (Lipinski definition) is 3. The van der Waals surface area contributed by atoms with Gasteiger partial charge in [-0.1, -0.05) is 0 Å². The van der Waals surface area contributed by atoms with Crippen LogP contribution in [-0.2, 0) is 0 Å². The van der Waals surface area contributed by atoms with Crippen molar-refractivity contribution in [1.82, 2.24) is 9.55 Å². The first-order chi connectivity index (χ1) is 8.97. The molecule has 2 aromatic rings. The zero-order valence-electron chi connectivity index (χ0n) is 12.3. The summed E-state index contributed by atoms with van der Waals surface area (Å²) in [5.74, 6) is 0.894. The van der Waals surface area contributed by atoms with Gasteiger partial charge >= 0.3 is 0 Å². The van der Waals surface area contributed by atoms with Gasteiger partial charge < -0.3 is 14.8 Å². The number of imidazole rings is 1. The highest BCUT2D eigenvalue weighted by Crippen LogP contribution is 2.22. The molecular weight excluding hydrogens is 236 g/mol. The molecule has 4 heteroatoms. The van der Waals surface area contributed by atoms with E-state index in [0.717, 1.165) is 17.3 Å². The lowest BCUT2D eigenvalue weighted by Crippen LogP contribution is -2.08. The molecule has 0 bridgehead atoms. The average molecular weight is 258 g/mol. The third-order valence-electron chi connectivity index (χ3n) is 3.05. The van der Waals surface area contributed by atoms with Crippen molar-refractivity contribution in [2.24, 2.45) is 0 Å². The number of hydrogen-bond donors (Lipinski definition) is 1. The van der Waals surface area contributed by atoms with E-state index < -0.39 is 0 Å². The van der Waals surface area contributed by atoms with Gasteiger partial charge in [0.15, 0.2) is 0 Å². The van der Waals surface area contributed by atoms with E-state index in [1.807, 2.05) is 21.0 Å². The van der Waals surface area contributed by atoms with E-state index in [1.165, 1.54) is 5.69 Å². The summed E-state index contributed by atoms with van der Waals surface area (Å²) in [6.07, 6.45) is 2.07. The zero-order chi connectivity index (χ0) is 14.0. The molecule has 19 heavy (non-hydrogen) atoms. The molecule has 0 radical (unpaired) electrons. The first kappa shape index (κ1) is 13.5. The molecule has 4 nitrogen and oxygen atoms in total. The van der Waals surface area contributed by atoms with Crippen LogP contribution in [0.3, 0.4) is 0 Å². The molecule has 0 atom stereocenters. The molecule has 0 aliphatic carbocycles. The maximum Gasteiger partial charge on any atom is 0.207 e. The third kappa shape index (κ3) is 3.08. The molecule has 1 N–H and O–H groups in total. The predicted molar refractivity (Wildman–Crippen MR) is 81.4 cm³/mol. The van der Waals surface area contributed by atoms with Crippen LogP contribution in [0.1, 0.15) is 25.6 Å². The number of aryl methyl sites for hydroxylation is 1. The Morgan fingerprint density at radius 3 is 2.32 bits per heavy atom. The SMILES string of the molecule is Cc1cn(C(C)C)c(Nc2ccc(N(C)C)cc2)n1. The summed E-state index contributed by atoms with van der Waals surface area (Å²) in [7, 11) is 4.08. The highest BCUT2D eigenvalue weighted by Gasteiger charge is 2.08. The second kappa shape index (κ2) is 5.34. The summed E-state index contributed by atoms with van der Waals surface area (Å²) in [4.78, 5) is 6.61. The highest BCUT2D eigenvalue weighted by molar-refractivity contribution is 5.59. The Balaban J connectivity index is 2.21. The van der Waals surface area contributed by atoms with E-state index in [2.05, 4.69) is 64.1 Å². The van der Waals surface area contributed by atoms with Gasteiger partial charge in [0.05, 0.1) is 5.69 Å². The Kier molecular flexibility index (Phi) is 3.79. The highest BCUT2D eigenvalue weighted by atomic mass is 15.2. The Bertz CT molecular complexity index is 538. The molecule has 0 aliphatic rings. The Hall–Kier alpha value is -1.97. The van der Waals surface area contributed by atoms with Crippen molar-refractivity contribution in [3.05, 3.63) is 36.2 Å². The summed E-state index contributed by atoms with van der Waals surface area (Å²) in [5, 5.41) is 3.37. The summed E-state index contributed by atoms with van der Waals surface area (Å²) in [5.41, 5.74) is 3.27. The molecule has 1 heterocycles. The van der Waals surface area contributed by atoms with E-state index in [1.54, 1.807) is 0 Å². The van der Waals surface area contributed by atoms with E-state index >= 15 is 0 Å². The number of anilines is 3. The van der Waals surface area contributed by atoms with E-state index in [0.29, 0.717) is 6.04 Å². The first-order valence-corrected chi connectivity index (χ1v) is 6.57. The van der Waals surface area contributed by atoms with E-state index in [-0.39, 0.29) is 0 Å². The van der Waals surface area contributed by atoms with Crippen molar-refractivity contribution in [2.45, 2.75) is 26.8 Å². The van der Waals surface area contributed by atoms with Crippen LogP contribution >= 0.6 is 0 Å². The van der Waals surface area contributed by atoms with Gasteiger partial charge in [-0.2, -0.15) is 0 Å². The van der Waals surface area contributed by atoms with Crippen molar-refractivity contribution < 1.29 is 0 Å². The fourth-order valence-corrected chi connectivity index (χ4v) is 1.97. The normalized spacial score (nSPS) is 10.8. The van der Waals surface area contributed by atoms with Crippen LogP contribution in [0.25, 0.3) is 0 Å². The lowest BCUT2D eigenvalue weighted by atomic mass is 10.2. The van der Waals surface area contributed by atoms with Crippen molar-refractivity contribution in [3.8, 4) is 0 Å². The van der Waals surface area contributed by atoms with Crippen LogP contribution < -0.4 is 10.2 Å². The molecule has 2 rings (SSSR count). The second-order valence-electron chi connectivity index (χ2n) is 5.27. The summed E-state index contributed by atoms with van der Waals surface area (Å²) in [6, 6.07) is 8.73. The largest absolute Gasteiger partial charge is 0.378 e. The van der Waals surface area contributed by atoms with Gasteiger partial charge in [0, 0.05) is 37.7 Å². The number of nitrogens with one attached hydrogen (secondary N) is 1. The van der Waals surface area contributed by atoms with Crippen LogP contribution in [0.15, 0.2) is 30.5 Å². The molecule has 0 spiro atoms. The van der Waals surface area contributed by atoms with Crippen LogP contribution in [0, 0.1) is 6.92 Å².